The second-order valence-electron chi connectivity index (χ2n) is 6.14. The van der Waals surface area contributed by atoms with E-state index >= 15 is 0 Å². The molecule has 1 atom stereocenters. The van der Waals surface area contributed by atoms with Crippen LogP contribution in [0.25, 0.3) is 5.69 Å². The highest BCUT2D eigenvalue weighted by molar-refractivity contribution is 7.91. The van der Waals surface area contributed by atoms with Crippen molar-refractivity contribution in [2.24, 2.45) is 0 Å². The van der Waals surface area contributed by atoms with E-state index in [1.165, 1.54) is 5.56 Å². The lowest BCUT2D eigenvalue weighted by atomic mass is 10.1. The molecule has 2 heterocycles. The van der Waals surface area contributed by atoms with Crippen LogP contribution in [-0.2, 0) is 16.4 Å². The summed E-state index contributed by atoms with van der Waals surface area (Å²) in [5, 5.41) is 4.23. The van der Waals surface area contributed by atoms with Gasteiger partial charge in [-0.05, 0) is 43.1 Å². The minimum atomic E-state index is -2.84. The van der Waals surface area contributed by atoms with Crippen molar-refractivity contribution < 1.29 is 8.42 Å². The Bertz CT molecular complexity index is 724. The highest BCUT2D eigenvalue weighted by atomic mass is 32.2. The summed E-state index contributed by atoms with van der Waals surface area (Å²) >= 11 is 0. The third-order valence-corrected chi connectivity index (χ3v) is 6.08. The minimum absolute atomic E-state index is 0.158. The van der Waals surface area contributed by atoms with E-state index in [4.69, 9.17) is 0 Å². The molecule has 2 aromatic rings. The smallest absolute Gasteiger partial charge is 0.151 e. The zero-order valence-electron chi connectivity index (χ0n) is 13.4. The molecule has 5 nitrogen and oxygen atoms in total. The Morgan fingerprint density at radius 1 is 1.30 bits per heavy atom. The molecule has 0 saturated carbocycles. The van der Waals surface area contributed by atoms with Crippen LogP contribution in [0, 0.1) is 0 Å². The molecule has 23 heavy (non-hydrogen) atoms. The largest absolute Gasteiger partial charge is 0.295 e. The summed E-state index contributed by atoms with van der Waals surface area (Å²) in [6, 6.07) is 10.4. The average molecular weight is 333 g/mol. The van der Waals surface area contributed by atoms with Crippen LogP contribution in [0.1, 0.15) is 25.3 Å². The molecule has 0 amide bonds. The van der Waals surface area contributed by atoms with Gasteiger partial charge in [-0.15, -0.1) is 0 Å². The zero-order chi connectivity index (χ0) is 16.3. The molecule has 3 rings (SSSR count). The van der Waals surface area contributed by atoms with Gasteiger partial charge in [-0.1, -0.05) is 19.1 Å². The molecule has 0 unspecified atom stereocenters. The van der Waals surface area contributed by atoms with Crippen LogP contribution in [0.4, 0.5) is 0 Å². The van der Waals surface area contributed by atoms with E-state index in [2.05, 4.69) is 41.2 Å². The SMILES string of the molecule is CCCN(Cc1ccc(-n2cccn2)cc1)[C@H]1CCS(=O)(=O)C1. The van der Waals surface area contributed by atoms with E-state index in [-0.39, 0.29) is 6.04 Å². The van der Waals surface area contributed by atoms with E-state index in [9.17, 15) is 8.42 Å². The number of aromatic nitrogens is 2. The standard InChI is InChI=1S/C17H23N3O2S/c1-2-10-19(17-8-12-23(21,22)14-17)13-15-4-6-16(7-5-15)20-11-3-9-18-20/h3-7,9,11,17H,2,8,10,12-14H2,1H3/t17-/m0/s1. The number of hydrogen-bond donors (Lipinski definition) is 0. The number of hydrogen-bond acceptors (Lipinski definition) is 4. The first-order chi connectivity index (χ1) is 11.1. The van der Waals surface area contributed by atoms with Gasteiger partial charge < -0.3 is 0 Å². The number of nitrogens with zero attached hydrogens (tertiary/aromatic N) is 3. The average Bonchev–Trinajstić information content (AvgIpc) is 3.17. The lowest BCUT2D eigenvalue weighted by Crippen LogP contribution is -2.36. The monoisotopic (exact) mass is 333 g/mol. The van der Waals surface area contributed by atoms with Crippen LogP contribution < -0.4 is 0 Å². The fraction of sp³-hybridized carbons (Fsp3) is 0.471. The lowest BCUT2D eigenvalue weighted by Gasteiger charge is -2.27. The van der Waals surface area contributed by atoms with Crippen molar-refractivity contribution >= 4 is 9.84 Å². The number of benzene rings is 1. The van der Waals surface area contributed by atoms with Gasteiger partial charge in [0.05, 0.1) is 17.2 Å². The van der Waals surface area contributed by atoms with Crippen molar-refractivity contribution in [3.05, 3.63) is 48.3 Å². The molecule has 1 saturated heterocycles. The van der Waals surface area contributed by atoms with E-state index < -0.39 is 9.84 Å². The number of rotatable bonds is 6. The molecular formula is C17H23N3O2S. The van der Waals surface area contributed by atoms with E-state index in [0.717, 1.165) is 31.6 Å². The quantitative estimate of drug-likeness (QED) is 0.814. The Labute approximate surface area is 137 Å². The molecule has 124 valence electrons. The second kappa shape index (κ2) is 6.84. The zero-order valence-corrected chi connectivity index (χ0v) is 14.2. The molecule has 1 fully saturated rings. The molecule has 0 spiro atoms. The summed E-state index contributed by atoms with van der Waals surface area (Å²) < 4.78 is 25.3. The normalized spacial score (nSPS) is 20.2. The Balaban J connectivity index is 1.70. The van der Waals surface area contributed by atoms with Crippen LogP contribution >= 0.6 is 0 Å². The van der Waals surface area contributed by atoms with Crippen molar-refractivity contribution in [3.63, 3.8) is 0 Å². The van der Waals surface area contributed by atoms with Crippen LogP contribution in [-0.4, -0.2) is 47.2 Å². The number of sulfone groups is 1. The summed E-state index contributed by atoms with van der Waals surface area (Å²) in [6.45, 7) is 3.87. The van der Waals surface area contributed by atoms with Crippen LogP contribution in [0.5, 0.6) is 0 Å². The first-order valence-electron chi connectivity index (χ1n) is 8.11. The summed E-state index contributed by atoms with van der Waals surface area (Å²) in [6.07, 6.45) is 5.47. The van der Waals surface area contributed by atoms with Gasteiger partial charge >= 0.3 is 0 Å². The summed E-state index contributed by atoms with van der Waals surface area (Å²) in [5.74, 6) is 0.633. The van der Waals surface area contributed by atoms with E-state index in [1.54, 1.807) is 6.20 Å². The van der Waals surface area contributed by atoms with Crippen molar-refractivity contribution in [1.29, 1.82) is 0 Å². The molecule has 1 aliphatic heterocycles. The fourth-order valence-electron chi connectivity index (χ4n) is 3.15. The summed E-state index contributed by atoms with van der Waals surface area (Å²) in [5.41, 5.74) is 2.24. The molecule has 1 aromatic carbocycles. The maximum absolute atomic E-state index is 11.7. The summed E-state index contributed by atoms with van der Waals surface area (Å²) in [4.78, 5) is 2.31. The van der Waals surface area contributed by atoms with Crippen LogP contribution in [0.3, 0.4) is 0 Å². The maximum Gasteiger partial charge on any atom is 0.151 e. The van der Waals surface area contributed by atoms with E-state index in [1.807, 2.05) is 16.9 Å². The second-order valence-corrected chi connectivity index (χ2v) is 8.37. The highest BCUT2D eigenvalue weighted by Gasteiger charge is 2.31. The van der Waals surface area contributed by atoms with Gasteiger partial charge in [0.25, 0.3) is 0 Å². The third kappa shape index (κ3) is 4.00. The lowest BCUT2D eigenvalue weighted by molar-refractivity contribution is 0.204. The molecular weight excluding hydrogens is 310 g/mol. The predicted molar refractivity (Wildman–Crippen MR) is 91.3 cm³/mol. The Kier molecular flexibility index (Phi) is 4.82. The molecule has 0 bridgehead atoms. The Morgan fingerprint density at radius 2 is 2.09 bits per heavy atom. The van der Waals surface area contributed by atoms with Gasteiger partial charge in [-0.2, -0.15) is 5.10 Å². The molecule has 0 N–H and O–H groups in total. The Hall–Kier alpha value is -1.66. The molecule has 1 aliphatic rings. The van der Waals surface area contributed by atoms with Crippen molar-refractivity contribution in [2.75, 3.05) is 18.1 Å². The van der Waals surface area contributed by atoms with Crippen molar-refractivity contribution in [2.45, 2.75) is 32.4 Å². The Morgan fingerprint density at radius 3 is 2.65 bits per heavy atom. The predicted octanol–water partition coefficient (Wildman–Crippen LogP) is 2.27. The van der Waals surface area contributed by atoms with Crippen LogP contribution in [0.2, 0.25) is 0 Å². The van der Waals surface area contributed by atoms with Crippen molar-refractivity contribution in [1.82, 2.24) is 14.7 Å². The topological polar surface area (TPSA) is 55.2 Å². The maximum atomic E-state index is 11.7. The van der Waals surface area contributed by atoms with Gasteiger partial charge in [-0.25, -0.2) is 13.1 Å². The highest BCUT2D eigenvalue weighted by Crippen LogP contribution is 2.21. The fourth-order valence-corrected chi connectivity index (χ4v) is 4.91. The van der Waals surface area contributed by atoms with Crippen LogP contribution in [0.15, 0.2) is 42.7 Å². The van der Waals surface area contributed by atoms with Gasteiger partial charge in [0, 0.05) is 25.0 Å². The van der Waals surface area contributed by atoms with Gasteiger partial charge in [0.1, 0.15) is 0 Å². The van der Waals surface area contributed by atoms with Gasteiger partial charge in [-0.3, -0.25) is 4.90 Å². The van der Waals surface area contributed by atoms with Crippen molar-refractivity contribution in [3.8, 4) is 5.69 Å². The minimum Gasteiger partial charge on any atom is -0.295 e. The molecule has 1 aromatic heterocycles. The third-order valence-electron chi connectivity index (χ3n) is 4.33. The summed E-state index contributed by atoms with van der Waals surface area (Å²) in [7, 11) is -2.84. The first kappa shape index (κ1) is 16.2. The first-order valence-corrected chi connectivity index (χ1v) is 9.93. The molecule has 0 radical (unpaired) electrons. The van der Waals surface area contributed by atoms with Gasteiger partial charge in [0.2, 0.25) is 0 Å². The molecule has 0 aliphatic carbocycles. The van der Waals surface area contributed by atoms with E-state index in [0.29, 0.717) is 11.5 Å². The van der Waals surface area contributed by atoms with Gasteiger partial charge in [0.15, 0.2) is 9.84 Å². The molecule has 6 heteroatoms.